The molecule has 6 aliphatic rings. The van der Waals surface area contributed by atoms with Crippen molar-refractivity contribution >= 4 is 27.5 Å². The van der Waals surface area contributed by atoms with Crippen LogP contribution < -0.4 is 19.7 Å². The first-order chi connectivity index (χ1) is 23.8. The van der Waals surface area contributed by atoms with E-state index in [1.165, 1.54) is 12.1 Å². The highest BCUT2D eigenvalue weighted by Crippen LogP contribution is 2.51. The van der Waals surface area contributed by atoms with E-state index in [0.29, 0.717) is 35.3 Å². The second kappa shape index (κ2) is 10.6. The van der Waals surface area contributed by atoms with Crippen LogP contribution in [-0.4, -0.2) is 89.7 Å². The molecule has 2 N–H and O–H groups in total. The summed E-state index contributed by atoms with van der Waals surface area (Å²) in [5, 5.41) is 15.6. The molecule has 0 radical (unpaired) electrons. The van der Waals surface area contributed by atoms with Crippen LogP contribution in [0.4, 0.5) is 14.6 Å². The van der Waals surface area contributed by atoms with Crippen LogP contribution in [0.15, 0.2) is 30.3 Å². The van der Waals surface area contributed by atoms with Crippen LogP contribution in [0.5, 0.6) is 17.5 Å². The molecular weight excluding hydrogens is 628 g/mol. The van der Waals surface area contributed by atoms with Gasteiger partial charge in [-0.3, -0.25) is 4.90 Å². The van der Waals surface area contributed by atoms with Gasteiger partial charge in [0.05, 0.1) is 35.8 Å². The van der Waals surface area contributed by atoms with Gasteiger partial charge in [-0.15, -0.1) is 6.42 Å². The van der Waals surface area contributed by atoms with Gasteiger partial charge < -0.3 is 29.5 Å². The number of aromatic nitrogens is 2. The molecule has 0 unspecified atom stereocenters. The summed E-state index contributed by atoms with van der Waals surface area (Å²) >= 11 is 0. The minimum Gasteiger partial charge on any atom is -0.508 e. The summed E-state index contributed by atoms with van der Waals surface area (Å²) in [4.78, 5) is 14.2. The van der Waals surface area contributed by atoms with E-state index in [0.717, 1.165) is 64.8 Å². The largest absolute Gasteiger partial charge is 0.508 e. The fourth-order valence-electron chi connectivity index (χ4n) is 8.83. The van der Waals surface area contributed by atoms with Crippen molar-refractivity contribution in [1.82, 2.24) is 20.2 Å². The number of halogens is 2. The Morgan fingerprint density at radius 1 is 1.10 bits per heavy atom. The van der Waals surface area contributed by atoms with E-state index in [2.05, 4.69) is 26.0 Å². The lowest BCUT2D eigenvalue weighted by atomic mass is 9.92. The van der Waals surface area contributed by atoms with Crippen molar-refractivity contribution in [1.29, 1.82) is 0 Å². The van der Waals surface area contributed by atoms with E-state index in [-0.39, 0.29) is 75.3 Å². The van der Waals surface area contributed by atoms with E-state index in [4.69, 9.17) is 25.6 Å². The molecule has 0 amide bonds. The van der Waals surface area contributed by atoms with Gasteiger partial charge in [-0.25, -0.2) is 8.78 Å². The number of fused-ring (bicyclic) bond motifs is 6. The van der Waals surface area contributed by atoms with E-state index >= 15 is 8.78 Å². The molecule has 4 aliphatic heterocycles. The van der Waals surface area contributed by atoms with Crippen molar-refractivity contribution in [3.63, 3.8) is 0 Å². The van der Waals surface area contributed by atoms with Gasteiger partial charge in [0.25, 0.3) is 0 Å². The fraction of sp³-hybridized carbons (Fsp3) is 0.474. The Morgan fingerprint density at radius 2 is 1.98 bits per heavy atom. The molecule has 10 rings (SSSR count). The molecule has 3 aromatic carbocycles. The van der Waals surface area contributed by atoms with Gasteiger partial charge in [-0.1, -0.05) is 18.1 Å². The number of aromatic hydroxyl groups is 1. The molecule has 9 nitrogen and oxygen atoms in total. The normalized spacial score (nSPS) is 25.9. The monoisotopic (exact) mass is 665 g/mol. The summed E-state index contributed by atoms with van der Waals surface area (Å²) in [5.41, 5.74) is 0.156. The standard InChI is InChI=1S/C38H37F2N5O4/c1-2-21-4-3-5-22-14-24(46)15-25(28(21)22)29-31(39)33-30-34(32(29)40)47-17-27-26-7-6-23(41-26)16-45(27)35(30)43-36(42-33)48-20-37(8-9-37)18-44-12-13-49-38(19-44)10-11-38/h1,3-5,14-15,23,26-27,41,46H,6-13,16-20H2/t23-,26+,27-/m1/s1. The first-order valence-electron chi connectivity index (χ1n) is 17.4. The van der Waals surface area contributed by atoms with Crippen molar-refractivity contribution in [2.45, 2.75) is 62.3 Å². The highest BCUT2D eigenvalue weighted by atomic mass is 19.1. The van der Waals surface area contributed by atoms with Gasteiger partial charge in [0, 0.05) is 60.2 Å². The number of nitrogens with one attached hydrogen (secondary N) is 1. The number of piperazine rings is 1. The third kappa shape index (κ3) is 4.75. The van der Waals surface area contributed by atoms with E-state index < -0.39 is 11.6 Å². The summed E-state index contributed by atoms with van der Waals surface area (Å²) in [6.45, 7) is 4.74. The molecule has 1 aromatic heterocycles. The molecule has 2 aliphatic carbocycles. The topological polar surface area (TPSA) is 92.2 Å². The number of anilines is 1. The molecule has 49 heavy (non-hydrogen) atoms. The summed E-state index contributed by atoms with van der Waals surface area (Å²) in [5.74, 6) is 1.06. The summed E-state index contributed by atoms with van der Waals surface area (Å²) in [6, 6.07) is 8.39. The maximum absolute atomic E-state index is 17.2. The van der Waals surface area contributed by atoms with Gasteiger partial charge >= 0.3 is 6.01 Å². The van der Waals surface area contributed by atoms with Crippen molar-refractivity contribution in [3.8, 4) is 41.0 Å². The number of nitrogens with zero attached hydrogens (tertiary/aromatic N) is 4. The number of hydrogen-bond donors (Lipinski definition) is 2. The van der Waals surface area contributed by atoms with Crippen LogP contribution in [0.2, 0.25) is 0 Å². The molecule has 2 bridgehead atoms. The second-order valence-corrected chi connectivity index (χ2v) is 15.0. The molecule has 4 aromatic rings. The zero-order valence-electron chi connectivity index (χ0n) is 27.1. The first kappa shape index (κ1) is 29.7. The number of morpholine rings is 1. The summed E-state index contributed by atoms with van der Waals surface area (Å²) < 4.78 is 52.9. The third-order valence-corrected chi connectivity index (χ3v) is 11.7. The average molecular weight is 666 g/mol. The maximum atomic E-state index is 17.2. The van der Waals surface area contributed by atoms with E-state index in [1.54, 1.807) is 18.2 Å². The Morgan fingerprint density at radius 3 is 2.80 bits per heavy atom. The predicted molar refractivity (Wildman–Crippen MR) is 180 cm³/mol. The number of phenols is 1. The van der Waals surface area contributed by atoms with Crippen LogP contribution >= 0.6 is 0 Å². The van der Waals surface area contributed by atoms with Gasteiger partial charge in [-0.2, -0.15) is 9.97 Å². The predicted octanol–water partition coefficient (Wildman–Crippen LogP) is 5.14. The SMILES string of the molecule is C#Cc1cccc2cc(O)cc(-c3c(F)c4c5c(nc(OCC6(CN7CCOC8(CC8)C7)CC6)nc5c3F)N3C[C@H]5CC[C@H](N5)[C@H]3CO4)c12. The Kier molecular flexibility index (Phi) is 6.43. The van der Waals surface area contributed by atoms with Gasteiger partial charge in [0.1, 0.15) is 23.7 Å². The van der Waals surface area contributed by atoms with E-state index in [9.17, 15) is 5.11 Å². The van der Waals surface area contributed by atoms with Gasteiger partial charge in [0.2, 0.25) is 0 Å². The van der Waals surface area contributed by atoms with Crippen LogP contribution in [-0.2, 0) is 4.74 Å². The molecule has 5 fully saturated rings. The molecule has 3 saturated heterocycles. The van der Waals surface area contributed by atoms with Crippen LogP contribution in [0.3, 0.4) is 0 Å². The van der Waals surface area contributed by atoms with Crippen LogP contribution in [0.1, 0.15) is 44.1 Å². The lowest BCUT2D eigenvalue weighted by Gasteiger charge is -2.40. The quantitative estimate of drug-likeness (QED) is 0.272. The number of phenolic OH excluding ortho intramolecular Hbond substituents is 1. The zero-order valence-corrected chi connectivity index (χ0v) is 27.1. The molecular formula is C38H37F2N5O4. The Hall–Kier alpha value is -4.24. The van der Waals surface area contributed by atoms with Gasteiger partial charge in [-0.05, 0) is 62.1 Å². The fourth-order valence-corrected chi connectivity index (χ4v) is 8.83. The number of hydrogen-bond acceptors (Lipinski definition) is 9. The lowest BCUT2D eigenvalue weighted by molar-refractivity contribution is -0.0532. The van der Waals surface area contributed by atoms with Crippen LogP contribution in [0.25, 0.3) is 32.8 Å². The number of rotatable bonds is 6. The zero-order chi connectivity index (χ0) is 33.1. The molecule has 252 valence electrons. The van der Waals surface area contributed by atoms with Crippen molar-refractivity contribution < 1.29 is 28.1 Å². The second-order valence-electron chi connectivity index (χ2n) is 15.0. The summed E-state index contributed by atoms with van der Waals surface area (Å²) in [7, 11) is 0. The molecule has 2 saturated carbocycles. The highest BCUT2D eigenvalue weighted by molar-refractivity contribution is 6.06. The highest BCUT2D eigenvalue weighted by Gasteiger charge is 2.51. The maximum Gasteiger partial charge on any atom is 0.319 e. The van der Waals surface area contributed by atoms with Crippen LogP contribution in [0, 0.1) is 29.4 Å². The number of ether oxygens (including phenoxy) is 3. The first-order valence-corrected chi connectivity index (χ1v) is 17.4. The van der Waals surface area contributed by atoms with E-state index in [1.807, 2.05) is 0 Å². The number of benzene rings is 3. The minimum absolute atomic E-state index is 0.0244. The average Bonchev–Trinajstić information content (AvgIpc) is 4.01. The Balaban J connectivity index is 1.11. The smallest absolute Gasteiger partial charge is 0.319 e. The summed E-state index contributed by atoms with van der Waals surface area (Å²) in [6.07, 6.45) is 12.1. The molecule has 5 heterocycles. The lowest BCUT2D eigenvalue weighted by Crippen LogP contribution is -2.60. The molecule has 1 spiro atoms. The molecule has 11 heteroatoms. The van der Waals surface area contributed by atoms with Gasteiger partial charge in [0.15, 0.2) is 17.4 Å². The Bertz CT molecular complexity index is 2090. The molecule has 3 atom stereocenters. The third-order valence-electron chi connectivity index (χ3n) is 11.7. The number of terminal acetylenes is 1. The van der Waals surface area contributed by atoms with Crippen molar-refractivity contribution in [2.75, 3.05) is 50.9 Å². The Labute approximate surface area is 282 Å². The minimum atomic E-state index is -0.882. The van der Waals surface area contributed by atoms with Crippen molar-refractivity contribution in [2.24, 2.45) is 5.41 Å². The van der Waals surface area contributed by atoms with Crippen molar-refractivity contribution in [3.05, 3.63) is 47.5 Å².